The first-order valence-electron chi connectivity index (χ1n) is 8.15. The summed E-state index contributed by atoms with van der Waals surface area (Å²) in [7, 11) is 1.64. The number of benzene rings is 2. The van der Waals surface area contributed by atoms with Gasteiger partial charge in [0.05, 0.1) is 19.2 Å². The lowest BCUT2D eigenvalue weighted by Crippen LogP contribution is -2.14. The summed E-state index contributed by atoms with van der Waals surface area (Å²) in [5, 5.41) is 5.43. The van der Waals surface area contributed by atoms with Crippen LogP contribution >= 0.6 is 11.3 Å². The van der Waals surface area contributed by atoms with Crippen molar-refractivity contribution in [1.82, 2.24) is 4.98 Å². The van der Waals surface area contributed by atoms with Crippen LogP contribution in [0.3, 0.4) is 0 Å². The number of ether oxygens (including phenoxy) is 1. The standard InChI is InChI=1S/C20H20N2O2S/c1-3-14-4-6-15(7-5-14)12-19(23)22-20-21-18(13-25-20)16-8-10-17(24-2)11-9-16/h4-11,13H,3,12H2,1-2H3,(H,21,22,23). The average Bonchev–Trinajstić information content (AvgIpc) is 3.10. The van der Waals surface area contributed by atoms with Crippen molar-refractivity contribution in [3.8, 4) is 17.0 Å². The third-order valence-corrected chi connectivity index (χ3v) is 4.69. The molecule has 0 aliphatic heterocycles. The van der Waals surface area contributed by atoms with Gasteiger partial charge >= 0.3 is 0 Å². The maximum Gasteiger partial charge on any atom is 0.230 e. The van der Waals surface area contributed by atoms with Crippen LogP contribution in [0.5, 0.6) is 5.75 Å². The van der Waals surface area contributed by atoms with Crippen LogP contribution in [-0.4, -0.2) is 18.0 Å². The Kier molecular flexibility index (Phi) is 5.46. The number of carbonyl (C=O) groups is 1. The highest BCUT2D eigenvalue weighted by Gasteiger charge is 2.09. The second kappa shape index (κ2) is 7.94. The molecule has 3 aromatic rings. The minimum Gasteiger partial charge on any atom is -0.497 e. The Labute approximate surface area is 151 Å². The smallest absolute Gasteiger partial charge is 0.230 e. The average molecular weight is 352 g/mol. The lowest BCUT2D eigenvalue weighted by atomic mass is 10.1. The van der Waals surface area contributed by atoms with Crippen LogP contribution in [0, 0.1) is 0 Å². The van der Waals surface area contributed by atoms with Gasteiger partial charge < -0.3 is 10.1 Å². The van der Waals surface area contributed by atoms with E-state index in [2.05, 4.69) is 29.4 Å². The Morgan fingerprint density at radius 3 is 2.40 bits per heavy atom. The second-order valence-corrected chi connectivity index (χ2v) is 6.52. The van der Waals surface area contributed by atoms with Crippen molar-refractivity contribution in [3.63, 3.8) is 0 Å². The Morgan fingerprint density at radius 2 is 1.76 bits per heavy atom. The van der Waals surface area contributed by atoms with Crippen molar-refractivity contribution in [2.24, 2.45) is 0 Å². The van der Waals surface area contributed by atoms with Crippen LogP contribution in [0.15, 0.2) is 53.9 Å². The first-order valence-corrected chi connectivity index (χ1v) is 9.03. The summed E-state index contributed by atoms with van der Waals surface area (Å²) in [5.41, 5.74) is 4.11. The predicted octanol–water partition coefficient (Wildman–Crippen LogP) is 4.56. The molecule has 0 spiro atoms. The molecule has 0 bridgehead atoms. The number of aromatic nitrogens is 1. The number of nitrogens with zero attached hydrogens (tertiary/aromatic N) is 1. The third kappa shape index (κ3) is 4.45. The van der Waals surface area contributed by atoms with E-state index < -0.39 is 0 Å². The molecule has 1 aromatic heterocycles. The van der Waals surface area contributed by atoms with Gasteiger partial charge in [0.1, 0.15) is 5.75 Å². The summed E-state index contributed by atoms with van der Waals surface area (Å²) < 4.78 is 5.16. The maximum atomic E-state index is 12.2. The molecule has 0 fully saturated rings. The number of methoxy groups -OCH3 is 1. The zero-order chi connectivity index (χ0) is 17.6. The van der Waals surface area contributed by atoms with Gasteiger partial charge in [0.2, 0.25) is 5.91 Å². The van der Waals surface area contributed by atoms with E-state index in [1.54, 1.807) is 7.11 Å². The summed E-state index contributed by atoms with van der Waals surface area (Å²) in [6.45, 7) is 2.12. The molecule has 1 heterocycles. The highest BCUT2D eigenvalue weighted by molar-refractivity contribution is 7.14. The molecule has 0 saturated heterocycles. The van der Waals surface area contributed by atoms with Crippen molar-refractivity contribution < 1.29 is 9.53 Å². The van der Waals surface area contributed by atoms with E-state index >= 15 is 0 Å². The Morgan fingerprint density at radius 1 is 1.08 bits per heavy atom. The van der Waals surface area contributed by atoms with Gasteiger partial charge in [0.25, 0.3) is 0 Å². The number of rotatable bonds is 6. The molecule has 25 heavy (non-hydrogen) atoms. The number of anilines is 1. The van der Waals surface area contributed by atoms with Crippen molar-refractivity contribution in [3.05, 3.63) is 65.0 Å². The fourth-order valence-electron chi connectivity index (χ4n) is 2.47. The molecular formula is C20H20N2O2S. The second-order valence-electron chi connectivity index (χ2n) is 5.66. The summed E-state index contributed by atoms with van der Waals surface area (Å²) >= 11 is 1.42. The van der Waals surface area contributed by atoms with Gasteiger partial charge in [-0.3, -0.25) is 4.79 Å². The van der Waals surface area contributed by atoms with Crippen molar-refractivity contribution >= 4 is 22.4 Å². The number of hydrogen-bond acceptors (Lipinski definition) is 4. The number of carbonyl (C=O) groups excluding carboxylic acids is 1. The molecule has 0 unspecified atom stereocenters. The minimum atomic E-state index is -0.0557. The molecule has 4 nitrogen and oxygen atoms in total. The molecule has 0 atom stereocenters. The fourth-order valence-corrected chi connectivity index (χ4v) is 3.20. The van der Waals surface area contributed by atoms with E-state index in [4.69, 9.17) is 4.74 Å². The largest absolute Gasteiger partial charge is 0.497 e. The van der Waals surface area contributed by atoms with Gasteiger partial charge in [-0.15, -0.1) is 11.3 Å². The number of hydrogen-bond donors (Lipinski definition) is 1. The molecule has 3 rings (SSSR count). The van der Waals surface area contributed by atoms with E-state index in [9.17, 15) is 4.79 Å². The predicted molar refractivity (Wildman–Crippen MR) is 102 cm³/mol. The van der Waals surface area contributed by atoms with Crippen LogP contribution in [0.2, 0.25) is 0 Å². The van der Waals surface area contributed by atoms with E-state index in [-0.39, 0.29) is 5.91 Å². The van der Waals surface area contributed by atoms with Crippen molar-refractivity contribution in [2.75, 3.05) is 12.4 Å². The molecule has 2 aromatic carbocycles. The molecular weight excluding hydrogens is 332 g/mol. The highest BCUT2D eigenvalue weighted by atomic mass is 32.1. The monoisotopic (exact) mass is 352 g/mol. The van der Waals surface area contributed by atoms with Gasteiger partial charge in [-0.2, -0.15) is 0 Å². The topological polar surface area (TPSA) is 51.2 Å². The van der Waals surface area contributed by atoms with Crippen LogP contribution < -0.4 is 10.1 Å². The highest BCUT2D eigenvalue weighted by Crippen LogP contribution is 2.26. The first kappa shape index (κ1) is 17.2. The number of amides is 1. The third-order valence-electron chi connectivity index (χ3n) is 3.93. The van der Waals surface area contributed by atoms with Gasteiger partial charge in [-0.1, -0.05) is 31.2 Å². The Hall–Kier alpha value is -2.66. The van der Waals surface area contributed by atoms with Crippen LogP contribution in [0.4, 0.5) is 5.13 Å². The van der Waals surface area contributed by atoms with Crippen LogP contribution in [0.25, 0.3) is 11.3 Å². The quantitative estimate of drug-likeness (QED) is 0.707. The molecule has 1 amide bonds. The van der Waals surface area contributed by atoms with E-state index in [0.29, 0.717) is 11.6 Å². The molecule has 128 valence electrons. The van der Waals surface area contributed by atoms with Gasteiger partial charge in [-0.05, 0) is 41.8 Å². The van der Waals surface area contributed by atoms with Gasteiger partial charge in [0, 0.05) is 10.9 Å². The molecule has 1 N–H and O–H groups in total. The SMILES string of the molecule is CCc1ccc(CC(=O)Nc2nc(-c3ccc(OC)cc3)cs2)cc1. The van der Waals surface area contributed by atoms with E-state index in [1.165, 1.54) is 16.9 Å². The summed E-state index contributed by atoms with van der Waals surface area (Å²) in [4.78, 5) is 16.7. The molecule has 5 heteroatoms. The van der Waals surface area contributed by atoms with Crippen LogP contribution in [0.1, 0.15) is 18.1 Å². The van der Waals surface area contributed by atoms with E-state index in [0.717, 1.165) is 29.0 Å². The van der Waals surface area contributed by atoms with Gasteiger partial charge in [-0.25, -0.2) is 4.98 Å². The molecule has 0 saturated carbocycles. The Bertz CT molecular complexity index is 839. The van der Waals surface area contributed by atoms with E-state index in [1.807, 2.05) is 41.8 Å². The number of aryl methyl sites for hydroxylation is 1. The summed E-state index contributed by atoms with van der Waals surface area (Å²) in [6.07, 6.45) is 1.35. The summed E-state index contributed by atoms with van der Waals surface area (Å²) in [6, 6.07) is 15.8. The zero-order valence-electron chi connectivity index (χ0n) is 14.3. The lowest BCUT2D eigenvalue weighted by molar-refractivity contribution is -0.115. The van der Waals surface area contributed by atoms with Crippen LogP contribution in [-0.2, 0) is 17.6 Å². The summed E-state index contributed by atoms with van der Waals surface area (Å²) in [5.74, 6) is 0.751. The number of nitrogens with one attached hydrogen (secondary N) is 1. The Balaban J connectivity index is 1.62. The van der Waals surface area contributed by atoms with Gasteiger partial charge in [0.15, 0.2) is 5.13 Å². The van der Waals surface area contributed by atoms with Crippen molar-refractivity contribution in [1.29, 1.82) is 0 Å². The minimum absolute atomic E-state index is 0.0557. The first-order chi connectivity index (χ1) is 12.2. The number of thiazole rings is 1. The maximum absolute atomic E-state index is 12.2. The molecule has 0 aliphatic rings. The zero-order valence-corrected chi connectivity index (χ0v) is 15.1. The molecule has 0 radical (unpaired) electrons. The normalized spacial score (nSPS) is 10.5. The fraction of sp³-hybridized carbons (Fsp3) is 0.200. The molecule has 0 aliphatic carbocycles. The van der Waals surface area contributed by atoms with Crippen molar-refractivity contribution in [2.45, 2.75) is 19.8 Å². The lowest BCUT2D eigenvalue weighted by Gasteiger charge is -2.03.